The van der Waals surface area contributed by atoms with Gasteiger partial charge in [0.15, 0.2) is 5.84 Å². The molecule has 15 heavy (non-hydrogen) atoms. The molecule has 0 amide bonds. The van der Waals surface area contributed by atoms with Crippen LogP contribution in [0.15, 0.2) is 22.1 Å². The number of benzene rings is 1. The normalized spacial score (nSPS) is 15.2. The molecule has 4 heteroatoms. The van der Waals surface area contributed by atoms with Gasteiger partial charge in [-0.1, -0.05) is 11.6 Å². The summed E-state index contributed by atoms with van der Waals surface area (Å²) in [4.78, 5) is 8.36. The molecule has 0 fully saturated rings. The van der Waals surface area contributed by atoms with Crippen molar-refractivity contribution in [2.24, 2.45) is 9.98 Å². The second kappa shape index (κ2) is 3.74. The van der Waals surface area contributed by atoms with Crippen LogP contribution in [-0.4, -0.2) is 18.1 Å². The Kier molecular flexibility index (Phi) is 2.57. The monoisotopic (exact) mass is 224 g/mol. The third-order valence-corrected chi connectivity index (χ3v) is 2.45. The SMILES string of the molecule is CC1=NC(c2c(C)cc(Cl)cc2F)=NC1. The molecule has 1 aromatic carbocycles. The number of hydrogen-bond acceptors (Lipinski definition) is 2. The van der Waals surface area contributed by atoms with Gasteiger partial charge in [0.1, 0.15) is 5.82 Å². The van der Waals surface area contributed by atoms with Crippen molar-refractivity contribution in [3.8, 4) is 0 Å². The van der Waals surface area contributed by atoms with E-state index in [1.807, 2.05) is 6.92 Å². The molecular formula is C11H10ClFN2. The van der Waals surface area contributed by atoms with Crippen molar-refractivity contribution in [2.75, 3.05) is 6.54 Å². The molecule has 2 rings (SSSR count). The van der Waals surface area contributed by atoms with E-state index in [2.05, 4.69) is 9.98 Å². The Bertz CT molecular complexity index is 454. The smallest absolute Gasteiger partial charge is 0.158 e. The fourth-order valence-corrected chi connectivity index (χ4v) is 1.82. The summed E-state index contributed by atoms with van der Waals surface area (Å²) in [6, 6.07) is 3.00. The molecule has 2 nitrogen and oxygen atoms in total. The maximum absolute atomic E-state index is 13.7. The van der Waals surface area contributed by atoms with E-state index in [4.69, 9.17) is 11.6 Å². The van der Waals surface area contributed by atoms with E-state index in [9.17, 15) is 4.39 Å². The zero-order chi connectivity index (χ0) is 11.0. The van der Waals surface area contributed by atoms with Crippen molar-refractivity contribution in [1.29, 1.82) is 0 Å². The van der Waals surface area contributed by atoms with Gasteiger partial charge in [-0.25, -0.2) is 9.38 Å². The van der Waals surface area contributed by atoms with Gasteiger partial charge in [-0.15, -0.1) is 0 Å². The van der Waals surface area contributed by atoms with Gasteiger partial charge in [0, 0.05) is 10.7 Å². The van der Waals surface area contributed by atoms with Crippen LogP contribution in [-0.2, 0) is 0 Å². The second-order valence-electron chi connectivity index (χ2n) is 3.57. The molecule has 0 spiro atoms. The molecular weight excluding hydrogens is 215 g/mol. The van der Waals surface area contributed by atoms with E-state index < -0.39 is 0 Å². The fraction of sp³-hybridized carbons (Fsp3) is 0.273. The van der Waals surface area contributed by atoms with Gasteiger partial charge in [0.2, 0.25) is 0 Å². The minimum Gasteiger partial charge on any atom is -0.260 e. The average Bonchev–Trinajstić information content (AvgIpc) is 2.49. The lowest BCUT2D eigenvalue weighted by Crippen LogP contribution is -2.02. The molecule has 0 N–H and O–H groups in total. The van der Waals surface area contributed by atoms with Gasteiger partial charge in [-0.3, -0.25) is 4.99 Å². The van der Waals surface area contributed by atoms with Crippen molar-refractivity contribution in [3.05, 3.63) is 34.1 Å². The van der Waals surface area contributed by atoms with Crippen LogP contribution >= 0.6 is 11.6 Å². The molecule has 0 bridgehead atoms. The van der Waals surface area contributed by atoms with Crippen LogP contribution in [0.25, 0.3) is 0 Å². The zero-order valence-corrected chi connectivity index (χ0v) is 9.27. The van der Waals surface area contributed by atoms with E-state index in [0.717, 1.165) is 11.3 Å². The third-order valence-electron chi connectivity index (χ3n) is 2.23. The number of aryl methyl sites for hydroxylation is 1. The standard InChI is InChI=1S/C11H10ClFN2/c1-6-3-8(12)4-9(13)10(6)11-14-5-7(2)15-11/h3-4H,5H2,1-2H3. The van der Waals surface area contributed by atoms with E-state index in [1.54, 1.807) is 13.0 Å². The summed E-state index contributed by atoms with van der Waals surface area (Å²) in [6.45, 7) is 4.23. The molecule has 0 saturated carbocycles. The highest BCUT2D eigenvalue weighted by atomic mass is 35.5. The van der Waals surface area contributed by atoms with Gasteiger partial charge < -0.3 is 0 Å². The molecule has 1 heterocycles. The summed E-state index contributed by atoms with van der Waals surface area (Å²) < 4.78 is 13.7. The maximum atomic E-state index is 13.7. The van der Waals surface area contributed by atoms with Crippen LogP contribution in [0, 0.1) is 12.7 Å². The lowest BCUT2D eigenvalue weighted by Gasteiger charge is -2.05. The zero-order valence-electron chi connectivity index (χ0n) is 8.51. The Hall–Kier alpha value is -1.22. The number of rotatable bonds is 1. The van der Waals surface area contributed by atoms with Gasteiger partial charge in [0.25, 0.3) is 0 Å². The Balaban J connectivity index is 2.54. The Morgan fingerprint density at radius 3 is 2.60 bits per heavy atom. The minimum absolute atomic E-state index is 0.364. The summed E-state index contributed by atoms with van der Waals surface area (Å²) in [5, 5.41) is 0.396. The predicted octanol–water partition coefficient (Wildman–Crippen LogP) is 3.01. The molecule has 0 atom stereocenters. The first kappa shape index (κ1) is 10.3. The van der Waals surface area contributed by atoms with E-state index in [-0.39, 0.29) is 5.82 Å². The number of halogens is 2. The summed E-state index contributed by atoms with van der Waals surface area (Å²) >= 11 is 5.74. The predicted molar refractivity (Wildman–Crippen MR) is 60.7 cm³/mol. The molecule has 78 valence electrons. The third kappa shape index (κ3) is 1.92. The molecule has 0 radical (unpaired) electrons. The van der Waals surface area contributed by atoms with Crippen molar-refractivity contribution in [1.82, 2.24) is 0 Å². The summed E-state index contributed by atoms with van der Waals surface area (Å²) in [5.74, 6) is 0.108. The first-order chi connectivity index (χ1) is 7.08. The summed E-state index contributed by atoms with van der Waals surface area (Å²) in [7, 11) is 0. The Morgan fingerprint density at radius 1 is 1.33 bits per heavy atom. The van der Waals surface area contributed by atoms with Crippen LogP contribution in [0.5, 0.6) is 0 Å². The summed E-state index contributed by atoms with van der Waals surface area (Å²) in [5.41, 5.74) is 2.12. The quantitative estimate of drug-likeness (QED) is 0.701. The molecule has 0 aromatic heterocycles. The van der Waals surface area contributed by atoms with Crippen molar-refractivity contribution in [2.45, 2.75) is 13.8 Å². The van der Waals surface area contributed by atoms with Crippen molar-refractivity contribution >= 4 is 23.1 Å². The van der Waals surface area contributed by atoms with Crippen LogP contribution < -0.4 is 0 Å². The summed E-state index contributed by atoms with van der Waals surface area (Å²) in [6.07, 6.45) is 0. The number of aliphatic imine (C=N–C) groups is 2. The molecule has 1 aliphatic heterocycles. The molecule has 0 unspecified atom stereocenters. The topological polar surface area (TPSA) is 24.7 Å². The van der Waals surface area contributed by atoms with Gasteiger partial charge in [0.05, 0.1) is 12.1 Å². The van der Waals surface area contributed by atoms with Crippen LogP contribution in [0.2, 0.25) is 5.02 Å². The minimum atomic E-state index is -0.364. The van der Waals surface area contributed by atoms with Crippen LogP contribution in [0.1, 0.15) is 18.1 Å². The molecule has 1 aromatic rings. The molecule has 0 aliphatic carbocycles. The van der Waals surface area contributed by atoms with Gasteiger partial charge in [-0.2, -0.15) is 0 Å². The maximum Gasteiger partial charge on any atom is 0.158 e. The van der Waals surface area contributed by atoms with Gasteiger partial charge in [-0.05, 0) is 31.5 Å². The lowest BCUT2D eigenvalue weighted by molar-refractivity contribution is 0.624. The molecule has 1 aliphatic rings. The van der Waals surface area contributed by atoms with Crippen LogP contribution in [0.3, 0.4) is 0 Å². The highest BCUT2D eigenvalue weighted by Crippen LogP contribution is 2.21. The number of nitrogens with zero attached hydrogens (tertiary/aromatic N) is 2. The van der Waals surface area contributed by atoms with Gasteiger partial charge >= 0.3 is 0 Å². The van der Waals surface area contributed by atoms with E-state index >= 15 is 0 Å². The van der Waals surface area contributed by atoms with E-state index in [0.29, 0.717) is 23.0 Å². The highest BCUT2D eigenvalue weighted by Gasteiger charge is 2.16. The number of amidine groups is 1. The Morgan fingerprint density at radius 2 is 2.07 bits per heavy atom. The Labute approximate surface area is 92.5 Å². The largest absolute Gasteiger partial charge is 0.260 e. The second-order valence-corrected chi connectivity index (χ2v) is 4.00. The fourth-order valence-electron chi connectivity index (χ4n) is 1.56. The first-order valence-electron chi connectivity index (χ1n) is 4.62. The van der Waals surface area contributed by atoms with Crippen LogP contribution in [0.4, 0.5) is 4.39 Å². The first-order valence-corrected chi connectivity index (χ1v) is 5.00. The molecule has 0 saturated heterocycles. The van der Waals surface area contributed by atoms with Crippen molar-refractivity contribution < 1.29 is 4.39 Å². The van der Waals surface area contributed by atoms with Crippen molar-refractivity contribution in [3.63, 3.8) is 0 Å². The highest BCUT2D eigenvalue weighted by molar-refractivity contribution is 6.30. The average molecular weight is 225 g/mol. The number of hydrogen-bond donors (Lipinski definition) is 0. The van der Waals surface area contributed by atoms with E-state index in [1.165, 1.54) is 6.07 Å². The lowest BCUT2D eigenvalue weighted by atomic mass is 10.1.